The highest BCUT2D eigenvalue weighted by atomic mass is 19.4. The molecule has 2 bridgehead atoms. The fourth-order valence-corrected chi connectivity index (χ4v) is 2.55. The van der Waals surface area contributed by atoms with E-state index >= 15 is 0 Å². The summed E-state index contributed by atoms with van der Waals surface area (Å²) in [6, 6.07) is 0. The van der Waals surface area contributed by atoms with Crippen molar-refractivity contribution in [2.75, 3.05) is 6.61 Å². The van der Waals surface area contributed by atoms with Gasteiger partial charge in [0, 0.05) is 0 Å². The predicted octanol–water partition coefficient (Wildman–Crippen LogP) is 2.12. The lowest BCUT2D eigenvalue weighted by Crippen LogP contribution is -2.44. The molecule has 3 unspecified atom stereocenters. The van der Waals surface area contributed by atoms with E-state index in [0.717, 1.165) is 0 Å². The molecule has 2 aliphatic rings. The maximum atomic E-state index is 12.7. The van der Waals surface area contributed by atoms with Crippen molar-refractivity contribution in [2.45, 2.75) is 19.0 Å². The molecule has 0 aromatic rings. The SMILES string of the molecule is OCC1(C(F)(F)F)CC2C=CC1C2. The Bertz CT molecular complexity index is 246. The molecule has 2 rings (SSSR count). The van der Waals surface area contributed by atoms with Crippen LogP contribution in [0.5, 0.6) is 0 Å². The van der Waals surface area contributed by atoms with Gasteiger partial charge in [-0.2, -0.15) is 13.2 Å². The Balaban J connectivity index is 2.33. The molecule has 74 valence electrons. The van der Waals surface area contributed by atoms with Gasteiger partial charge >= 0.3 is 6.18 Å². The number of hydrogen-bond acceptors (Lipinski definition) is 1. The molecular weight excluding hydrogens is 181 g/mol. The monoisotopic (exact) mass is 192 g/mol. The standard InChI is InChI=1S/C9H11F3O/c10-9(11,12)8(5-13)4-6-1-2-7(8)3-6/h1-2,6-7,13H,3-5H2. The lowest BCUT2D eigenvalue weighted by Gasteiger charge is -2.35. The first-order valence-electron chi connectivity index (χ1n) is 4.35. The van der Waals surface area contributed by atoms with Crippen molar-refractivity contribution < 1.29 is 18.3 Å². The summed E-state index contributed by atoms with van der Waals surface area (Å²) in [4.78, 5) is 0. The van der Waals surface area contributed by atoms with Gasteiger partial charge in [0.15, 0.2) is 0 Å². The molecule has 2 aliphatic carbocycles. The maximum Gasteiger partial charge on any atom is 0.397 e. The number of rotatable bonds is 1. The van der Waals surface area contributed by atoms with E-state index in [1.807, 2.05) is 6.08 Å². The minimum Gasteiger partial charge on any atom is -0.395 e. The number of alkyl halides is 3. The summed E-state index contributed by atoms with van der Waals surface area (Å²) in [5.74, 6) is -0.471. The molecule has 0 radical (unpaired) electrons. The Hall–Kier alpha value is -0.510. The van der Waals surface area contributed by atoms with Crippen molar-refractivity contribution in [1.82, 2.24) is 0 Å². The molecule has 0 aromatic heterocycles. The van der Waals surface area contributed by atoms with Gasteiger partial charge in [0.1, 0.15) is 0 Å². The van der Waals surface area contributed by atoms with Crippen LogP contribution < -0.4 is 0 Å². The van der Waals surface area contributed by atoms with Gasteiger partial charge in [0.2, 0.25) is 0 Å². The Morgan fingerprint density at radius 3 is 2.31 bits per heavy atom. The van der Waals surface area contributed by atoms with Crippen LogP contribution in [0.25, 0.3) is 0 Å². The fraction of sp³-hybridized carbons (Fsp3) is 0.778. The van der Waals surface area contributed by atoms with Crippen molar-refractivity contribution in [2.24, 2.45) is 17.3 Å². The lowest BCUT2D eigenvalue weighted by molar-refractivity contribution is -0.244. The van der Waals surface area contributed by atoms with Crippen molar-refractivity contribution >= 4 is 0 Å². The molecule has 1 saturated carbocycles. The van der Waals surface area contributed by atoms with Gasteiger partial charge in [-0.05, 0) is 24.7 Å². The van der Waals surface area contributed by atoms with Crippen LogP contribution in [0.2, 0.25) is 0 Å². The average Bonchev–Trinajstić information content (AvgIpc) is 2.60. The van der Waals surface area contributed by atoms with E-state index in [-0.39, 0.29) is 12.3 Å². The smallest absolute Gasteiger partial charge is 0.395 e. The van der Waals surface area contributed by atoms with Crippen LogP contribution in [0.15, 0.2) is 12.2 Å². The van der Waals surface area contributed by atoms with Crippen LogP contribution in [0.1, 0.15) is 12.8 Å². The average molecular weight is 192 g/mol. The first-order valence-corrected chi connectivity index (χ1v) is 4.35. The summed E-state index contributed by atoms with van der Waals surface area (Å²) in [5, 5.41) is 8.92. The highest BCUT2D eigenvalue weighted by Gasteiger charge is 2.63. The summed E-state index contributed by atoms with van der Waals surface area (Å²) >= 11 is 0. The van der Waals surface area contributed by atoms with Crippen LogP contribution in [0, 0.1) is 17.3 Å². The van der Waals surface area contributed by atoms with Gasteiger partial charge in [0.05, 0.1) is 12.0 Å². The molecule has 0 aromatic carbocycles. The van der Waals surface area contributed by atoms with Crippen LogP contribution in [0.3, 0.4) is 0 Å². The molecule has 1 fully saturated rings. The second-order valence-electron chi connectivity index (χ2n) is 4.00. The molecule has 0 spiro atoms. The number of hydrogen-bond donors (Lipinski definition) is 1. The zero-order valence-corrected chi connectivity index (χ0v) is 7.01. The van der Waals surface area contributed by atoms with Gasteiger partial charge < -0.3 is 5.11 Å². The zero-order valence-electron chi connectivity index (χ0n) is 7.01. The maximum absolute atomic E-state index is 12.7. The summed E-state index contributed by atoms with van der Waals surface area (Å²) in [6.07, 6.45) is -0.206. The molecule has 1 N–H and O–H groups in total. The third-order valence-electron chi connectivity index (χ3n) is 3.36. The number of fused-ring (bicyclic) bond motifs is 2. The van der Waals surface area contributed by atoms with E-state index in [1.165, 1.54) is 0 Å². The summed E-state index contributed by atoms with van der Waals surface area (Å²) in [7, 11) is 0. The van der Waals surface area contributed by atoms with Crippen molar-refractivity contribution in [3.8, 4) is 0 Å². The van der Waals surface area contributed by atoms with Gasteiger partial charge in [-0.1, -0.05) is 12.2 Å². The predicted molar refractivity (Wildman–Crippen MR) is 40.9 cm³/mol. The third kappa shape index (κ3) is 1.04. The Kier molecular flexibility index (Phi) is 1.74. The largest absolute Gasteiger partial charge is 0.397 e. The quantitative estimate of drug-likeness (QED) is 0.631. The second-order valence-corrected chi connectivity index (χ2v) is 4.00. The minimum atomic E-state index is -4.27. The van der Waals surface area contributed by atoms with Crippen LogP contribution in [0.4, 0.5) is 13.2 Å². The van der Waals surface area contributed by atoms with Gasteiger partial charge in [-0.15, -0.1) is 0 Å². The van der Waals surface area contributed by atoms with Crippen molar-refractivity contribution in [1.29, 1.82) is 0 Å². The number of allylic oxidation sites excluding steroid dienone is 2. The highest BCUT2D eigenvalue weighted by molar-refractivity contribution is 5.17. The van der Waals surface area contributed by atoms with E-state index in [1.54, 1.807) is 6.08 Å². The number of halogens is 3. The van der Waals surface area contributed by atoms with Crippen LogP contribution in [-0.4, -0.2) is 17.9 Å². The molecule has 1 nitrogen and oxygen atoms in total. The fourth-order valence-electron chi connectivity index (χ4n) is 2.55. The van der Waals surface area contributed by atoms with Gasteiger partial charge in [0.25, 0.3) is 0 Å². The topological polar surface area (TPSA) is 20.2 Å². The van der Waals surface area contributed by atoms with Crippen molar-refractivity contribution in [3.05, 3.63) is 12.2 Å². The van der Waals surface area contributed by atoms with Crippen molar-refractivity contribution in [3.63, 3.8) is 0 Å². The number of aliphatic hydroxyl groups is 1. The molecule has 0 saturated heterocycles. The zero-order chi connectivity index (χ0) is 9.69. The molecule has 0 amide bonds. The molecule has 0 heterocycles. The van der Waals surface area contributed by atoms with E-state index in [4.69, 9.17) is 5.11 Å². The van der Waals surface area contributed by atoms with E-state index < -0.39 is 24.1 Å². The highest BCUT2D eigenvalue weighted by Crippen LogP contribution is 2.59. The molecule has 4 heteroatoms. The Morgan fingerprint density at radius 1 is 1.38 bits per heavy atom. The molecular formula is C9H11F3O. The van der Waals surface area contributed by atoms with E-state index in [2.05, 4.69) is 0 Å². The molecule has 13 heavy (non-hydrogen) atoms. The van der Waals surface area contributed by atoms with Crippen LogP contribution >= 0.6 is 0 Å². The first-order chi connectivity index (χ1) is 5.99. The summed E-state index contributed by atoms with van der Waals surface area (Å²) < 4.78 is 38.0. The van der Waals surface area contributed by atoms with Gasteiger partial charge in [-0.3, -0.25) is 0 Å². The van der Waals surface area contributed by atoms with Crippen LogP contribution in [-0.2, 0) is 0 Å². The third-order valence-corrected chi connectivity index (χ3v) is 3.36. The normalized spacial score (nSPS) is 43.1. The van der Waals surface area contributed by atoms with Gasteiger partial charge in [-0.25, -0.2) is 0 Å². The lowest BCUT2D eigenvalue weighted by atomic mass is 9.76. The minimum absolute atomic E-state index is 0.0266. The Labute approximate surface area is 74.2 Å². The second kappa shape index (κ2) is 2.50. The Morgan fingerprint density at radius 2 is 2.08 bits per heavy atom. The first kappa shape index (κ1) is 9.06. The molecule has 0 aliphatic heterocycles. The summed E-state index contributed by atoms with van der Waals surface area (Å²) in [6.45, 7) is -0.776. The molecule has 3 atom stereocenters. The number of aliphatic hydroxyl groups excluding tert-OH is 1. The summed E-state index contributed by atoms with van der Waals surface area (Å²) in [5.41, 5.74) is -1.84. The van der Waals surface area contributed by atoms with E-state index in [9.17, 15) is 13.2 Å². The van der Waals surface area contributed by atoms with E-state index in [0.29, 0.717) is 6.42 Å².